The first-order valence-corrected chi connectivity index (χ1v) is 22.3. The number of benzene rings is 3. The topological polar surface area (TPSA) is 189 Å². The molecule has 0 bridgehead atoms. The van der Waals surface area contributed by atoms with E-state index in [-0.39, 0.29) is 55.5 Å². The van der Waals surface area contributed by atoms with Crippen molar-refractivity contribution in [2.45, 2.75) is 109 Å². The van der Waals surface area contributed by atoms with Gasteiger partial charge in [0.2, 0.25) is 29.5 Å². The predicted octanol–water partition coefficient (Wildman–Crippen LogP) is 4.34. The zero-order valence-corrected chi connectivity index (χ0v) is 36.6. The van der Waals surface area contributed by atoms with Gasteiger partial charge in [0, 0.05) is 72.0 Å². The summed E-state index contributed by atoms with van der Waals surface area (Å²) in [7, 11) is 0. The van der Waals surface area contributed by atoms with Crippen LogP contribution in [0.3, 0.4) is 0 Å². The standard InChI is InChI=1S/C49H60N8O6/c1-30(2)45(59)39(25-33-27-50-37-18-10-8-16-35(33)37)53-47(61)40(24-32-14-6-5-7-15-32)54-49(63)43-21-13-23-57(43)44(58)29-52-46(60)41(26-34-28-51-38-19-11-9-17-36(34)38)55-48(62)42-20-12-22-56(42)31(3)4/h5-11,14-19,27-28,30-31,39-43,50-51H,12-13,20-26,29H2,1-4H3,(H,52,60)(H,53,61)(H,54,63)(H,55,62)/t39-,40-,41-,42-,43-/m1/s1. The summed E-state index contributed by atoms with van der Waals surface area (Å²) in [5.41, 5.74) is 4.38. The lowest BCUT2D eigenvalue weighted by Gasteiger charge is -2.29. The number of fused-ring (bicyclic) bond motifs is 2. The van der Waals surface area contributed by atoms with Crippen LogP contribution in [0.1, 0.15) is 70.1 Å². The lowest BCUT2D eigenvalue weighted by atomic mass is 9.94. The highest BCUT2D eigenvalue weighted by Gasteiger charge is 2.38. The van der Waals surface area contributed by atoms with Crippen LogP contribution in [0.2, 0.25) is 0 Å². The van der Waals surface area contributed by atoms with Crippen LogP contribution in [-0.2, 0) is 48.0 Å². The number of hydrogen-bond donors (Lipinski definition) is 6. The maximum atomic E-state index is 14.2. The Bertz CT molecular complexity index is 2420. The second kappa shape index (κ2) is 20.3. The van der Waals surface area contributed by atoms with Crippen molar-refractivity contribution in [3.8, 4) is 0 Å². The third-order valence-electron chi connectivity index (χ3n) is 12.5. The fraction of sp³-hybridized carbons (Fsp3) is 0.429. The number of ketones is 1. The number of carbonyl (C=O) groups is 6. The molecule has 2 fully saturated rings. The molecule has 0 unspecified atom stereocenters. The minimum absolute atomic E-state index is 0.132. The molecule has 5 aromatic rings. The van der Waals surface area contributed by atoms with E-state index >= 15 is 0 Å². The molecule has 332 valence electrons. The van der Waals surface area contributed by atoms with Crippen LogP contribution in [0.5, 0.6) is 0 Å². The average Bonchev–Trinajstić information content (AvgIpc) is 4.12. The molecule has 14 nitrogen and oxygen atoms in total. The zero-order chi connectivity index (χ0) is 44.6. The van der Waals surface area contributed by atoms with Crippen LogP contribution in [0.25, 0.3) is 21.8 Å². The van der Waals surface area contributed by atoms with E-state index in [0.29, 0.717) is 25.8 Å². The van der Waals surface area contributed by atoms with Gasteiger partial charge in [-0.05, 0) is 74.9 Å². The van der Waals surface area contributed by atoms with Crippen LogP contribution in [0, 0.1) is 5.92 Å². The zero-order valence-electron chi connectivity index (χ0n) is 36.6. The Morgan fingerprint density at radius 2 is 1.16 bits per heavy atom. The smallest absolute Gasteiger partial charge is 0.243 e. The fourth-order valence-corrected chi connectivity index (χ4v) is 9.16. The first-order chi connectivity index (χ1) is 30.4. The first kappa shape index (κ1) is 44.8. The van der Waals surface area contributed by atoms with E-state index in [9.17, 15) is 28.8 Å². The van der Waals surface area contributed by atoms with E-state index in [0.717, 1.165) is 51.5 Å². The molecule has 2 saturated heterocycles. The summed E-state index contributed by atoms with van der Waals surface area (Å²) in [4.78, 5) is 93.6. The number of aromatic amines is 2. The number of rotatable bonds is 18. The number of carbonyl (C=O) groups excluding carboxylic acids is 6. The van der Waals surface area contributed by atoms with Gasteiger partial charge in [-0.1, -0.05) is 80.6 Å². The minimum Gasteiger partial charge on any atom is -0.361 e. The summed E-state index contributed by atoms with van der Waals surface area (Å²) in [5.74, 6) is -2.68. The number of amides is 5. The number of likely N-dealkylation sites (tertiary alicyclic amines) is 2. The number of hydrogen-bond acceptors (Lipinski definition) is 7. The van der Waals surface area contributed by atoms with Crippen LogP contribution >= 0.6 is 0 Å². The van der Waals surface area contributed by atoms with Gasteiger partial charge in [0.25, 0.3) is 0 Å². The van der Waals surface area contributed by atoms with E-state index < -0.39 is 47.8 Å². The van der Waals surface area contributed by atoms with Gasteiger partial charge in [-0.3, -0.25) is 33.7 Å². The van der Waals surface area contributed by atoms with Crippen molar-refractivity contribution >= 4 is 57.1 Å². The lowest BCUT2D eigenvalue weighted by molar-refractivity contribution is -0.140. The molecule has 4 heterocycles. The number of nitrogens with one attached hydrogen (secondary N) is 6. The monoisotopic (exact) mass is 856 g/mol. The lowest BCUT2D eigenvalue weighted by Crippen LogP contribution is -2.57. The second-order valence-corrected chi connectivity index (χ2v) is 17.5. The molecule has 14 heteroatoms. The first-order valence-electron chi connectivity index (χ1n) is 22.3. The Kier molecular flexibility index (Phi) is 14.4. The average molecular weight is 857 g/mol. The third-order valence-corrected chi connectivity index (χ3v) is 12.5. The van der Waals surface area contributed by atoms with Crippen LogP contribution < -0.4 is 21.3 Å². The molecular weight excluding hydrogens is 797 g/mol. The van der Waals surface area contributed by atoms with Crippen molar-refractivity contribution < 1.29 is 28.8 Å². The summed E-state index contributed by atoms with van der Waals surface area (Å²) in [5, 5.41) is 13.6. The maximum absolute atomic E-state index is 14.2. The highest BCUT2D eigenvalue weighted by atomic mass is 16.2. The molecule has 0 saturated carbocycles. The molecule has 7 rings (SSSR count). The largest absolute Gasteiger partial charge is 0.361 e. The van der Waals surface area contributed by atoms with E-state index in [1.807, 2.05) is 91.3 Å². The number of nitrogens with zero attached hydrogens (tertiary/aromatic N) is 2. The Hall–Kier alpha value is -6.28. The molecule has 6 N–H and O–H groups in total. The van der Waals surface area contributed by atoms with Crippen molar-refractivity contribution in [2.75, 3.05) is 19.6 Å². The molecular formula is C49H60N8O6. The van der Waals surface area contributed by atoms with Gasteiger partial charge >= 0.3 is 0 Å². The Labute approximate surface area is 368 Å². The summed E-state index contributed by atoms with van der Waals surface area (Å²) < 4.78 is 0. The van der Waals surface area contributed by atoms with Crippen molar-refractivity contribution in [1.29, 1.82) is 0 Å². The molecule has 0 spiro atoms. The van der Waals surface area contributed by atoms with Crippen molar-refractivity contribution in [2.24, 2.45) is 5.92 Å². The fourth-order valence-electron chi connectivity index (χ4n) is 9.16. The van der Waals surface area contributed by atoms with Gasteiger partial charge < -0.3 is 36.1 Å². The molecule has 0 aliphatic carbocycles. The van der Waals surface area contributed by atoms with Gasteiger partial charge in [-0.25, -0.2) is 0 Å². The Morgan fingerprint density at radius 1 is 0.619 bits per heavy atom. The normalized spacial score (nSPS) is 18.1. The quantitative estimate of drug-likeness (QED) is 0.0757. The molecule has 2 aliphatic heterocycles. The molecule has 0 radical (unpaired) electrons. The third kappa shape index (κ3) is 10.7. The van der Waals surface area contributed by atoms with Gasteiger partial charge in [0.15, 0.2) is 5.78 Å². The van der Waals surface area contributed by atoms with Crippen molar-refractivity contribution in [3.05, 3.63) is 108 Å². The van der Waals surface area contributed by atoms with E-state index in [1.165, 1.54) is 4.90 Å². The number of H-pyrrole nitrogens is 2. The van der Waals surface area contributed by atoms with Gasteiger partial charge in [-0.2, -0.15) is 0 Å². The molecule has 5 amide bonds. The van der Waals surface area contributed by atoms with Gasteiger partial charge in [0.1, 0.15) is 18.1 Å². The highest BCUT2D eigenvalue weighted by Crippen LogP contribution is 2.24. The van der Waals surface area contributed by atoms with Crippen LogP contribution in [-0.4, -0.2) is 111 Å². The molecule has 3 aromatic carbocycles. The Balaban J connectivity index is 1.03. The van der Waals surface area contributed by atoms with E-state index in [1.54, 1.807) is 13.8 Å². The summed E-state index contributed by atoms with van der Waals surface area (Å²) in [6.07, 6.45) is 6.81. The molecule has 5 atom stereocenters. The Morgan fingerprint density at radius 3 is 1.78 bits per heavy atom. The molecule has 2 aromatic heterocycles. The SMILES string of the molecule is CC(C)C(=O)[C@@H](Cc1c[nH]c2ccccc12)NC(=O)[C@@H](Cc1ccccc1)NC(=O)[C@H]1CCCN1C(=O)CNC(=O)[C@@H](Cc1c[nH]c2ccccc12)NC(=O)[C@H]1CCCN1C(C)C. The number of para-hydroxylation sites is 2. The van der Waals surface area contributed by atoms with Gasteiger partial charge in [0.05, 0.1) is 18.6 Å². The van der Waals surface area contributed by atoms with Gasteiger partial charge in [-0.15, -0.1) is 0 Å². The van der Waals surface area contributed by atoms with E-state index in [4.69, 9.17) is 0 Å². The predicted molar refractivity (Wildman–Crippen MR) is 242 cm³/mol. The maximum Gasteiger partial charge on any atom is 0.243 e. The second-order valence-electron chi connectivity index (χ2n) is 17.5. The summed E-state index contributed by atoms with van der Waals surface area (Å²) in [6, 6.07) is 20.9. The van der Waals surface area contributed by atoms with Crippen LogP contribution in [0.15, 0.2) is 91.3 Å². The molecule has 63 heavy (non-hydrogen) atoms. The summed E-state index contributed by atoms with van der Waals surface area (Å²) >= 11 is 0. The van der Waals surface area contributed by atoms with Crippen LogP contribution in [0.4, 0.5) is 0 Å². The van der Waals surface area contributed by atoms with Crippen molar-refractivity contribution in [1.82, 2.24) is 41.0 Å². The van der Waals surface area contributed by atoms with Crippen molar-refractivity contribution in [3.63, 3.8) is 0 Å². The van der Waals surface area contributed by atoms with E-state index in [2.05, 4.69) is 50.0 Å². The number of Topliss-reactive ketones (excluding diaryl/α,β-unsaturated/α-hetero) is 1. The molecule has 2 aliphatic rings. The number of aromatic nitrogens is 2. The summed E-state index contributed by atoms with van der Waals surface area (Å²) in [6.45, 7) is 8.41. The highest BCUT2D eigenvalue weighted by molar-refractivity contribution is 5.97. The minimum atomic E-state index is -1.05.